The normalized spacial score (nSPS) is 8.20. The summed E-state index contributed by atoms with van der Waals surface area (Å²) in [7, 11) is 0. The molecular weight excluding hydrogens is 699 g/mol. The van der Waals surface area contributed by atoms with Gasteiger partial charge in [-0.1, -0.05) is 72.8 Å². The van der Waals surface area contributed by atoms with Crippen LogP contribution in [-0.2, 0) is 56.7 Å². The Morgan fingerprint density at radius 2 is 0.439 bits per heavy atom. The van der Waals surface area contributed by atoms with Crippen molar-refractivity contribution in [1.29, 1.82) is 0 Å². The van der Waals surface area contributed by atoms with Gasteiger partial charge in [-0.2, -0.15) is 0 Å². The number of hydrogen-bond donors (Lipinski definition) is 0. The quantitative estimate of drug-likeness (QED) is 0.216. The molecule has 0 heterocycles. The van der Waals surface area contributed by atoms with E-state index in [-0.39, 0.29) is 102 Å². The zero-order valence-corrected chi connectivity index (χ0v) is 23.7. The van der Waals surface area contributed by atoms with Crippen LogP contribution in [0, 0.1) is 0 Å². The Hall–Kier alpha value is -3.71. The Morgan fingerprint density at radius 3 is 0.488 bits per heavy atom. The summed E-state index contributed by atoms with van der Waals surface area (Å²) in [5.74, 6) is -8.00. The number of aromatic carboxylic acids is 6. The van der Waals surface area contributed by atoms with Gasteiger partial charge in [0.15, 0.2) is 0 Å². The van der Waals surface area contributed by atoms with Crippen molar-refractivity contribution in [3.05, 3.63) is 106 Å². The van der Waals surface area contributed by atoms with Crippen LogP contribution in [0.25, 0.3) is 0 Å². The summed E-state index contributed by atoms with van der Waals surface area (Å²) < 4.78 is 0. The van der Waals surface area contributed by atoms with E-state index < -0.39 is 35.8 Å². The fourth-order valence-corrected chi connectivity index (χ4v) is 2.23. The fourth-order valence-electron chi connectivity index (χ4n) is 2.23. The van der Waals surface area contributed by atoms with Crippen molar-refractivity contribution in [1.82, 2.24) is 0 Å². The first-order valence-corrected chi connectivity index (χ1v) is 9.41. The van der Waals surface area contributed by atoms with E-state index in [1.54, 1.807) is 0 Å². The Bertz CT molecular complexity index is 1020. The van der Waals surface area contributed by atoms with Crippen LogP contribution in [0.1, 0.15) is 62.1 Å². The minimum atomic E-state index is -1.33. The van der Waals surface area contributed by atoms with Crippen LogP contribution in [0.3, 0.4) is 0 Å². The third-order valence-corrected chi connectivity index (χ3v) is 4.07. The molecule has 41 heavy (non-hydrogen) atoms. The maximum absolute atomic E-state index is 10.2. The van der Waals surface area contributed by atoms with E-state index in [2.05, 4.69) is 0 Å². The molecule has 0 aliphatic rings. The molecule has 3 aromatic carbocycles. The Morgan fingerprint density at radius 1 is 0.366 bits per heavy atom. The number of carbonyl (C=O) groups is 6. The maximum atomic E-state index is 10.2. The van der Waals surface area contributed by atoms with E-state index in [1.165, 1.54) is 0 Å². The van der Waals surface area contributed by atoms with Crippen LogP contribution in [-0.4, -0.2) is 35.8 Å². The van der Waals surface area contributed by atoms with Gasteiger partial charge in [0.05, 0.1) is 35.8 Å². The number of rotatable bonds is 6. The molecule has 17 heteroatoms. The van der Waals surface area contributed by atoms with Crippen LogP contribution >= 0.6 is 0 Å². The Kier molecular flexibility index (Phi) is 26.5. The van der Waals surface area contributed by atoms with Crippen molar-refractivity contribution < 1.29 is 128 Å². The monoisotopic (exact) mass is 711 g/mol. The predicted octanol–water partition coefficient (Wildman–Crippen LogP) is -7.88. The van der Waals surface area contributed by atoms with Gasteiger partial charge in [-0.15, -0.1) is 0 Å². The van der Waals surface area contributed by atoms with E-state index >= 15 is 0 Å². The van der Waals surface area contributed by atoms with Gasteiger partial charge in [0, 0.05) is 0 Å². The van der Waals surface area contributed by atoms with Crippen molar-refractivity contribution in [2.24, 2.45) is 0 Å². The van der Waals surface area contributed by atoms with Gasteiger partial charge in [-0.25, -0.2) is 0 Å². The number of halogens is 1. The molecule has 0 spiro atoms. The molecule has 3 rings (SSSR count). The second-order valence-corrected chi connectivity index (χ2v) is 6.46. The zero-order valence-electron chi connectivity index (χ0n) is 19.7. The average Bonchev–Trinajstić information content (AvgIpc) is 2.84. The largest absolute Gasteiger partial charge is 4.00 e. The molecule has 13 nitrogen and oxygen atoms in total. The smallest absolute Gasteiger partial charge is 2.00 e. The maximum Gasteiger partial charge on any atom is 4.00 e. The summed E-state index contributed by atoms with van der Waals surface area (Å²) in [6, 6.07) is 13.8. The summed E-state index contributed by atoms with van der Waals surface area (Å²) in [5, 5.41) is 61.2. The molecule has 0 aliphatic heterocycles. The van der Waals surface area contributed by atoms with Crippen LogP contribution in [0.5, 0.6) is 0 Å². The second kappa shape index (κ2) is 23.0. The molecule has 1 radical (unpaired) electrons. The average molecular weight is 711 g/mol. The van der Waals surface area contributed by atoms with Gasteiger partial charge in [0.25, 0.3) is 0 Å². The molecule has 0 aliphatic carbocycles. The first kappa shape index (κ1) is 47.1. The molecule has 0 atom stereocenters. The fraction of sp³-hybridized carbons (Fsp3) is 0. The van der Waals surface area contributed by atoms with Gasteiger partial charge in [-0.3, -0.25) is 0 Å². The summed E-state index contributed by atoms with van der Waals surface area (Å²) in [6.45, 7) is 0. The molecular formula is C24H12ClFe3O13. The molecule has 0 saturated heterocycles. The van der Waals surface area contributed by atoms with E-state index in [0.29, 0.717) is 0 Å². The first-order chi connectivity index (χ1) is 16.8. The third kappa shape index (κ3) is 16.9. The number of hydrogen-bond acceptors (Lipinski definition) is 12. The molecule has 0 amide bonds. The van der Waals surface area contributed by atoms with Crippen molar-refractivity contribution in [3.63, 3.8) is 0 Å². The van der Waals surface area contributed by atoms with E-state index in [1.807, 2.05) is 0 Å². The molecule has 217 valence electrons. The van der Waals surface area contributed by atoms with Crippen molar-refractivity contribution in [2.75, 3.05) is 0 Å². The number of benzene rings is 3. The molecule has 0 bridgehead atoms. The van der Waals surface area contributed by atoms with E-state index in [4.69, 9.17) is 0 Å². The van der Waals surface area contributed by atoms with Gasteiger partial charge in [-0.05, 0) is 33.4 Å². The third-order valence-electron chi connectivity index (χ3n) is 4.07. The summed E-state index contributed by atoms with van der Waals surface area (Å²) in [6.07, 6.45) is 0. The van der Waals surface area contributed by atoms with Gasteiger partial charge in [0.2, 0.25) is 0 Å². The zero-order chi connectivity index (χ0) is 27.4. The standard InChI is InChI=1S/3C8H6O4.ClH.3Fe.O/c3*9-7(10)5-1-2-6(4-3-5)8(11)12;;;;;/h3*1-4H,(H,9,10)(H,11,12);1H;;;;/q;;;;+2;+3;+4;-2/p-7. The molecule has 3 aromatic rings. The second-order valence-electron chi connectivity index (χ2n) is 6.46. The van der Waals surface area contributed by atoms with E-state index in [9.17, 15) is 59.4 Å². The number of carboxylic acids is 6. The topological polar surface area (TPSA) is 269 Å². The molecule has 0 unspecified atom stereocenters. The molecule has 0 fully saturated rings. The SMILES string of the molecule is O=C([O-])c1ccc(C(=O)[O-])cc1.O=C([O-])c1ccc(C(=O)[O-])cc1.O=C([O-])c1ccc(C(=O)[O-])cc1.[Cl-].[Fe+2].[Fe+3].[Fe+4].[O-2]. The predicted molar refractivity (Wildman–Crippen MR) is 106 cm³/mol. The molecule has 0 N–H and O–H groups in total. The van der Waals surface area contributed by atoms with Crippen LogP contribution in [0.2, 0.25) is 0 Å². The Balaban J connectivity index is -0.000000149. The summed E-state index contributed by atoms with van der Waals surface area (Å²) >= 11 is 0. The van der Waals surface area contributed by atoms with Crippen molar-refractivity contribution >= 4 is 35.8 Å². The van der Waals surface area contributed by atoms with Crippen molar-refractivity contribution in [3.8, 4) is 0 Å². The van der Waals surface area contributed by atoms with Crippen molar-refractivity contribution in [2.45, 2.75) is 0 Å². The molecule has 0 aromatic heterocycles. The first-order valence-electron chi connectivity index (χ1n) is 9.41. The minimum absolute atomic E-state index is 0. The van der Waals surface area contributed by atoms with Crippen LogP contribution in [0.4, 0.5) is 0 Å². The minimum Gasteiger partial charge on any atom is -2.00 e. The van der Waals surface area contributed by atoms with Crippen LogP contribution in [0.15, 0.2) is 72.8 Å². The summed E-state index contributed by atoms with van der Waals surface area (Å²) in [4.78, 5) is 61.2. The van der Waals surface area contributed by atoms with Gasteiger partial charge < -0.3 is 77.3 Å². The van der Waals surface area contributed by atoms with Crippen LogP contribution < -0.4 is 43.0 Å². The van der Waals surface area contributed by atoms with E-state index in [0.717, 1.165) is 72.8 Å². The Labute approximate surface area is 269 Å². The number of carboxylic acid groups (broad SMARTS) is 6. The molecule has 0 saturated carbocycles. The van der Waals surface area contributed by atoms with Gasteiger partial charge in [0.1, 0.15) is 0 Å². The number of carbonyl (C=O) groups excluding carboxylic acids is 6. The summed E-state index contributed by atoms with van der Waals surface area (Å²) in [5.41, 5.74) is -0.333. The van der Waals surface area contributed by atoms with Gasteiger partial charge >= 0.3 is 51.2 Å².